The number of nitrogens with zero attached hydrogens (tertiary/aromatic N) is 3. The van der Waals surface area contributed by atoms with Gasteiger partial charge in [0, 0.05) is 37.0 Å². The largest absolute Gasteiger partial charge is 0.399 e. The van der Waals surface area contributed by atoms with Crippen molar-refractivity contribution >= 4 is 15.7 Å². The van der Waals surface area contributed by atoms with Crippen molar-refractivity contribution in [3.63, 3.8) is 0 Å². The van der Waals surface area contributed by atoms with Crippen LogP contribution in [0, 0.1) is 0 Å². The van der Waals surface area contributed by atoms with Crippen LogP contribution in [-0.4, -0.2) is 42.0 Å². The summed E-state index contributed by atoms with van der Waals surface area (Å²) < 4.78 is 25.7. The molecule has 0 aliphatic carbocycles. The van der Waals surface area contributed by atoms with Gasteiger partial charge in [0.05, 0.1) is 11.9 Å². The molecule has 0 atom stereocenters. The monoisotopic (exact) mass is 453 g/mol. The molecule has 0 unspecified atom stereocenters. The van der Waals surface area contributed by atoms with Crippen LogP contribution < -0.4 is 11.5 Å². The molecule has 32 heavy (non-hydrogen) atoms. The topological polar surface area (TPSA) is 115 Å². The van der Waals surface area contributed by atoms with E-state index in [0.717, 1.165) is 47.6 Å². The first-order valence-corrected chi connectivity index (χ1v) is 12.6. The van der Waals surface area contributed by atoms with Crippen LogP contribution in [-0.2, 0) is 29.4 Å². The average Bonchev–Trinajstić information content (AvgIpc) is 2.78. The summed E-state index contributed by atoms with van der Waals surface area (Å²) in [5, 5.41) is 0. The van der Waals surface area contributed by atoms with E-state index in [4.69, 9.17) is 16.5 Å². The Bertz CT molecular complexity index is 1120. The first-order valence-electron chi connectivity index (χ1n) is 10.8. The van der Waals surface area contributed by atoms with Gasteiger partial charge in [-0.3, -0.25) is 0 Å². The van der Waals surface area contributed by atoms with Crippen molar-refractivity contribution in [3.05, 3.63) is 77.7 Å². The molecule has 0 radical (unpaired) electrons. The number of aromatic nitrogens is 2. The molecule has 170 valence electrons. The molecule has 4 N–H and O–H groups in total. The molecule has 0 saturated carbocycles. The van der Waals surface area contributed by atoms with Crippen molar-refractivity contribution in [1.29, 1.82) is 0 Å². The molecule has 3 rings (SSSR count). The Morgan fingerprint density at radius 1 is 0.969 bits per heavy atom. The van der Waals surface area contributed by atoms with Crippen LogP contribution in [0.3, 0.4) is 0 Å². The number of anilines is 1. The molecular formula is C24H31N5O2S. The zero-order chi connectivity index (χ0) is 23.0. The molecular weight excluding hydrogens is 422 g/mol. The van der Waals surface area contributed by atoms with Gasteiger partial charge in [0.2, 0.25) is 10.0 Å². The van der Waals surface area contributed by atoms with Crippen molar-refractivity contribution in [2.75, 3.05) is 25.1 Å². The van der Waals surface area contributed by atoms with Crippen molar-refractivity contribution in [2.24, 2.45) is 5.73 Å². The molecule has 0 aliphatic heterocycles. The van der Waals surface area contributed by atoms with Gasteiger partial charge in [-0.05, 0) is 61.2 Å². The minimum atomic E-state index is -3.31. The smallest absolute Gasteiger partial charge is 0.211 e. The Labute approximate surface area is 190 Å². The molecule has 1 aromatic heterocycles. The van der Waals surface area contributed by atoms with Crippen molar-refractivity contribution in [1.82, 2.24) is 14.3 Å². The molecule has 0 saturated heterocycles. The summed E-state index contributed by atoms with van der Waals surface area (Å²) in [6, 6.07) is 17.6. The van der Waals surface area contributed by atoms with Crippen LogP contribution in [0.25, 0.3) is 11.3 Å². The highest BCUT2D eigenvalue weighted by Crippen LogP contribution is 2.20. The Hall–Kier alpha value is -2.81. The number of hydrogen-bond donors (Lipinski definition) is 2. The summed E-state index contributed by atoms with van der Waals surface area (Å²) in [6.45, 7) is 1.17. The van der Waals surface area contributed by atoms with E-state index in [2.05, 4.69) is 4.98 Å². The second kappa shape index (κ2) is 11.2. The van der Waals surface area contributed by atoms with Crippen LogP contribution in [0.15, 0.2) is 60.8 Å². The summed E-state index contributed by atoms with van der Waals surface area (Å²) in [7, 11) is -3.31. The minimum Gasteiger partial charge on any atom is -0.399 e. The summed E-state index contributed by atoms with van der Waals surface area (Å²) in [5.41, 5.74) is 16.0. The maximum absolute atomic E-state index is 12.1. The van der Waals surface area contributed by atoms with E-state index < -0.39 is 10.0 Å². The fourth-order valence-corrected chi connectivity index (χ4v) is 4.32. The SMILES string of the molecule is CS(=O)(=O)N(CCCN)Cc1cccc(-c2ccnc(CCCc3ccc(N)cc3)n2)c1. The number of benzene rings is 2. The normalized spacial score (nSPS) is 11.7. The zero-order valence-electron chi connectivity index (χ0n) is 18.4. The Morgan fingerprint density at radius 2 is 1.75 bits per heavy atom. The van der Waals surface area contributed by atoms with Crippen LogP contribution in [0.4, 0.5) is 5.69 Å². The van der Waals surface area contributed by atoms with Crippen molar-refractivity contribution in [2.45, 2.75) is 32.2 Å². The predicted octanol–water partition coefficient (Wildman–Crippen LogP) is 3.01. The van der Waals surface area contributed by atoms with Gasteiger partial charge in [0.25, 0.3) is 0 Å². The van der Waals surface area contributed by atoms with Gasteiger partial charge >= 0.3 is 0 Å². The van der Waals surface area contributed by atoms with E-state index in [1.165, 1.54) is 16.1 Å². The Morgan fingerprint density at radius 3 is 2.47 bits per heavy atom. The number of hydrogen-bond acceptors (Lipinski definition) is 6. The lowest BCUT2D eigenvalue weighted by Gasteiger charge is -2.20. The van der Waals surface area contributed by atoms with Crippen LogP contribution in [0.5, 0.6) is 0 Å². The van der Waals surface area contributed by atoms with Gasteiger partial charge in [-0.1, -0.05) is 30.3 Å². The van der Waals surface area contributed by atoms with Gasteiger partial charge in [-0.15, -0.1) is 0 Å². The molecule has 0 amide bonds. The molecule has 0 bridgehead atoms. The average molecular weight is 454 g/mol. The maximum Gasteiger partial charge on any atom is 0.211 e. The van der Waals surface area contributed by atoms with Gasteiger partial charge in [0.15, 0.2) is 0 Å². The van der Waals surface area contributed by atoms with Crippen LogP contribution in [0.2, 0.25) is 0 Å². The number of nitrogens with two attached hydrogens (primary N) is 2. The number of nitrogen functional groups attached to an aromatic ring is 1. The van der Waals surface area contributed by atoms with E-state index in [0.29, 0.717) is 26.1 Å². The van der Waals surface area contributed by atoms with Crippen molar-refractivity contribution < 1.29 is 8.42 Å². The second-order valence-electron chi connectivity index (χ2n) is 7.89. The number of aryl methyl sites for hydroxylation is 2. The molecule has 0 fully saturated rings. The molecule has 3 aromatic rings. The third-order valence-corrected chi connectivity index (χ3v) is 6.46. The van der Waals surface area contributed by atoms with Crippen molar-refractivity contribution in [3.8, 4) is 11.3 Å². The third kappa shape index (κ3) is 7.12. The Balaban J connectivity index is 1.68. The highest BCUT2D eigenvalue weighted by atomic mass is 32.2. The molecule has 1 heterocycles. The standard InChI is InChI=1S/C24H31N5O2S/c1-32(30,31)29(16-4-14-25)18-20-6-2-7-21(17-20)23-13-15-27-24(28-23)8-3-5-19-9-11-22(26)12-10-19/h2,6-7,9-13,15,17H,3-5,8,14,16,18,25-26H2,1H3. The predicted molar refractivity (Wildman–Crippen MR) is 129 cm³/mol. The molecule has 8 heteroatoms. The van der Waals surface area contributed by atoms with E-state index >= 15 is 0 Å². The van der Waals surface area contributed by atoms with Crippen LogP contribution >= 0.6 is 0 Å². The fourth-order valence-electron chi connectivity index (χ4n) is 3.48. The fraction of sp³-hybridized carbons (Fsp3) is 0.333. The number of rotatable bonds is 11. The molecule has 7 nitrogen and oxygen atoms in total. The van der Waals surface area contributed by atoms with Gasteiger partial charge < -0.3 is 11.5 Å². The number of sulfonamides is 1. The van der Waals surface area contributed by atoms with Gasteiger partial charge in [-0.2, -0.15) is 4.31 Å². The zero-order valence-corrected chi connectivity index (χ0v) is 19.3. The summed E-state index contributed by atoms with van der Waals surface area (Å²) in [4.78, 5) is 9.14. The maximum atomic E-state index is 12.1. The van der Waals surface area contributed by atoms with E-state index in [1.54, 1.807) is 6.20 Å². The van der Waals surface area contributed by atoms with Gasteiger partial charge in [0.1, 0.15) is 5.82 Å². The highest BCUT2D eigenvalue weighted by Gasteiger charge is 2.16. The summed E-state index contributed by atoms with van der Waals surface area (Å²) >= 11 is 0. The Kier molecular flexibility index (Phi) is 8.33. The first-order chi connectivity index (χ1) is 15.3. The molecule has 2 aromatic carbocycles. The second-order valence-corrected chi connectivity index (χ2v) is 9.87. The molecule has 0 spiro atoms. The highest BCUT2D eigenvalue weighted by molar-refractivity contribution is 7.88. The quantitative estimate of drug-likeness (QED) is 0.431. The summed E-state index contributed by atoms with van der Waals surface area (Å²) in [5.74, 6) is 0.795. The molecule has 0 aliphatic rings. The lowest BCUT2D eigenvalue weighted by molar-refractivity contribution is 0.405. The first kappa shape index (κ1) is 23.8. The van der Waals surface area contributed by atoms with E-state index in [-0.39, 0.29) is 0 Å². The third-order valence-electron chi connectivity index (χ3n) is 5.21. The lowest BCUT2D eigenvalue weighted by Crippen LogP contribution is -2.31. The van der Waals surface area contributed by atoms with E-state index in [1.807, 2.05) is 54.6 Å². The lowest BCUT2D eigenvalue weighted by atomic mass is 10.1. The van der Waals surface area contributed by atoms with E-state index in [9.17, 15) is 8.42 Å². The summed E-state index contributed by atoms with van der Waals surface area (Å²) in [6.07, 6.45) is 6.29. The van der Waals surface area contributed by atoms with Crippen LogP contribution in [0.1, 0.15) is 29.8 Å². The van der Waals surface area contributed by atoms with Gasteiger partial charge in [-0.25, -0.2) is 18.4 Å². The minimum absolute atomic E-state index is 0.312.